The Kier molecular flexibility index (Phi) is 1.60. The lowest BCUT2D eigenvalue weighted by Crippen LogP contribution is -1.89. The molecule has 3 rings (SSSR count). The maximum atomic E-state index is 4.51. The SMILES string of the molecule is CCc1ccc2c3c(ccnc13)CC2. The van der Waals surface area contributed by atoms with E-state index in [0.29, 0.717) is 0 Å². The summed E-state index contributed by atoms with van der Waals surface area (Å²) in [6, 6.07) is 6.68. The van der Waals surface area contributed by atoms with E-state index in [0.717, 1.165) is 6.42 Å². The van der Waals surface area contributed by atoms with Gasteiger partial charge in [0.2, 0.25) is 0 Å². The van der Waals surface area contributed by atoms with Gasteiger partial charge < -0.3 is 0 Å². The molecule has 1 aromatic heterocycles. The molecule has 14 heavy (non-hydrogen) atoms. The third-order valence-electron chi connectivity index (χ3n) is 3.19. The van der Waals surface area contributed by atoms with E-state index in [9.17, 15) is 0 Å². The zero-order chi connectivity index (χ0) is 9.54. The molecule has 0 unspecified atom stereocenters. The highest BCUT2D eigenvalue weighted by atomic mass is 14.7. The van der Waals surface area contributed by atoms with Crippen LogP contribution in [0.5, 0.6) is 0 Å². The van der Waals surface area contributed by atoms with Gasteiger partial charge in [0.05, 0.1) is 5.52 Å². The van der Waals surface area contributed by atoms with Crippen molar-refractivity contribution in [2.24, 2.45) is 0 Å². The number of nitrogens with zero attached hydrogens (tertiary/aromatic N) is 1. The quantitative estimate of drug-likeness (QED) is 0.662. The molecule has 1 aliphatic carbocycles. The lowest BCUT2D eigenvalue weighted by molar-refractivity contribution is 1.02. The van der Waals surface area contributed by atoms with Crippen LogP contribution in [0.25, 0.3) is 10.9 Å². The fourth-order valence-electron chi connectivity index (χ4n) is 2.44. The van der Waals surface area contributed by atoms with Gasteiger partial charge in [-0.25, -0.2) is 0 Å². The highest BCUT2D eigenvalue weighted by molar-refractivity contribution is 5.90. The minimum atomic E-state index is 1.08. The van der Waals surface area contributed by atoms with Crippen molar-refractivity contribution in [2.75, 3.05) is 0 Å². The molecule has 0 saturated heterocycles. The molecule has 1 heterocycles. The summed E-state index contributed by atoms with van der Waals surface area (Å²) in [6.07, 6.45) is 5.42. The van der Waals surface area contributed by atoms with E-state index in [4.69, 9.17) is 0 Å². The maximum Gasteiger partial charge on any atom is 0.0739 e. The molecule has 1 aliphatic rings. The van der Waals surface area contributed by atoms with Crippen molar-refractivity contribution in [1.82, 2.24) is 4.98 Å². The van der Waals surface area contributed by atoms with Crippen molar-refractivity contribution in [1.29, 1.82) is 0 Å². The lowest BCUT2D eigenvalue weighted by atomic mass is 10.0. The van der Waals surface area contributed by atoms with E-state index >= 15 is 0 Å². The van der Waals surface area contributed by atoms with Gasteiger partial charge in [-0.05, 0) is 42.0 Å². The molecule has 0 saturated carbocycles. The second-order valence-corrected chi connectivity index (χ2v) is 3.93. The Morgan fingerprint density at radius 2 is 1.93 bits per heavy atom. The third kappa shape index (κ3) is 0.926. The van der Waals surface area contributed by atoms with Crippen LogP contribution in [0.4, 0.5) is 0 Å². The fourth-order valence-corrected chi connectivity index (χ4v) is 2.44. The molecule has 0 N–H and O–H groups in total. The van der Waals surface area contributed by atoms with Crippen LogP contribution >= 0.6 is 0 Å². The van der Waals surface area contributed by atoms with E-state index in [1.165, 1.54) is 40.4 Å². The summed E-state index contributed by atoms with van der Waals surface area (Å²) in [5, 5.41) is 1.44. The number of rotatable bonds is 1. The molecule has 70 valence electrons. The van der Waals surface area contributed by atoms with E-state index in [1.54, 1.807) is 0 Å². The summed E-state index contributed by atoms with van der Waals surface area (Å²) in [7, 11) is 0. The molecule has 0 radical (unpaired) electrons. The van der Waals surface area contributed by atoms with Gasteiger partial charge >= 0.3 is 0 Å². The molecule has 0 atom stereocenters. The zero-order valence-electron chi connectivity index (χ0n) is 8.38. The number of aromatic nitrogens is 1. The zero-order valence-corrected chi connectivity index (χ0v) is 8.38. The lowest BCUT2D eigenvalue weighted by Gasteiger charge is -2.05. The molecule has 0 spiro atoms. The standard InChI is InChI=1S/C13H13N/c1-2-9-3-4-10-5-6-11-7-8-14-13(9)12(10)11/h3-4,7-8H,2,5-6H2,1H3. The van der Waals surface area contributed by atoms with Crippen LogP contribution in [-0.2, 0) is 19.3 Å². The fraction of sp³-hybridized carbons (Fsp3) is 0.308. The van der Waals surface area contributed by atoms with Gasteiger partial charge in [0.1, 0.15) is 0 Å². The average Bonchev–Trinajstić information content (AvgIpc) is 2.65. The molecule has 0 aliphatic heterocycles. The number of hydrogen-bond donors (Lipinski definition) is 0. The average molecular weight is 183 g/mol. The molecular formula is C13H13N. The summed E-state index contributed by atoms with van der Waals surface area (Å²) in [5.41, 5.74) is 5.59. The smallest absolute Gasteiger partial charge is 0.0739 e. The number of pyridine rings is 1. The predicted molar refractivity (Wildman–Crippen MR) is 58.5 cm³/mol. The number of aryl methyl sites for hydroxylation is 3. The summed E-state index contributed by atoms with van der Waals surface area (Å²) >= 11 is 0. The first-order valence-corrected chi connectivity index (χ1v) is 5.28. The van der Waals surface area contributed by atoms with E-state index in [-0.39, 0.29) is 0 Å². The van der Waals surface area contributed by atoms with Gasteiger partial charge in [0, 0.05) is 11.6 Å². The first kappa shape index (κ1) is 7.98. The van der Waals surface area contributed by atoms with Gasteiger partial charge in [0.15, 0.2) is 0 Å². The summed E-state index contributed by atoms with van der Waals surface area (Å²) in [6.45, 7) is 2.20. The molecule has 1 aromatic carbocycles. The second kappa shape index (κ2) is 2.81. The summed E-state index contributed by atoms with van der Waals surface area (Å²) < 4.78 is 0. The molecule has 0 amide bonds. The van der Waals surface area contributed by atoms with Crippen LogP contribution in [-0.4, -0.2) is 4.98 Å². The minimum absolute atomic E-state index is 1.08. The Hall–Kier alpha value is -1.37. The largest absolute Gasteiger partial charge is 0.256 e. The van der Waals surface area contributed by atoms with E-state index in [1.807, 2.05) is 6.20 Å². The van der Waals surface area contributed by atoms with Gasteiger partial charge in [0.25, 0.3) is 0 Å². The Morgan fingerprint density at radius 3 is 2.71 bits per heavy atom. The summed E-state index contributed by atoms with van der Waals surface area (Å²) in [4.78, 5) is 4.51. The van der Waals surface area contributed by atoms with Gasteiger partial charge in [-0.3, -0.25) is 4.98 Å². The van der Waals surface area contributed by atoms with E-state index < -0.39 is 0 Å². The first-order chi connectivity index (χ1) is 6.90. The molecular weight excluding hydrogens is 170 g/mol. The molecule has 1 nitrogen and oxygen atoms in total. The molecule has 0 fully saturated rings. The van der Waals surface area contributed by atoms with Crippen molar-refractivity contribution >= 4 is 10.9 Å². The van der Waals surface area contributed by atoms with Crippen molar-refractivity contribution in [3.63, 3.8) is 0 Å². The molecule has 1 heteroatoms. The third-order valence-corrected chi connectivity index (χ3v) is 3.19. The predicted octanol–water partition coefficient (Wildman–Crippen LogP) is 2.90. The first-order valence-electron chi connectivity index (χ1n) is 5.28. The van der Waals surface area contributed by atoms with Crippen molar-refractivity contribution in [2.45, 2.75) is 26.2 Å². The second-order valence-electron chi connectivity index (χ2n) is 3.93. The van der Waals surface area contributed by atoms with Crippen molar-refractivity contribution in [3.8, 4) is 0 Å². The van der Waals surface area contributed by atoms with Crippen LogP contribution in [0.2, 0.25) is 0 Å². The Labute approximate surface area is 83.8 Å². The Balaban J connectivity index is 2.48. The van der Waals surface area contributed by atoms with Gasteiger partial charge in [-0.2, -0.15) is 0 Å². The van der Waals surface area contributed by atoms with Crippen LogP contribution in [0, 0.1) is 0 Å². The maximum absolute atomic E-state index is 4.51. The highest BCUT2D eigenvalue weighted by Gasteiger charge is 2.15. The van der Waals surface area contributed by atoms with Crippen LogP contribution in [0.3, 0.4) is 0 Å². The molecule has 2 aromatic rings. The van der Waals surface area contributed by atoms with Gasteiger partial charge in [-0.1, -0.05) is 19.1 Å². The Morgan fingerprint density at radius 1 is 1.14 bits per heavy atom. The highest BCUT2D eigenvalue weighted by Crippen LogP contribution is 2.31. The Bertz CT molecular complexity index is 490. The van der Waals surface area contributed by atoms with Crippen LogP contribution in [0.1, 0.15) is 23.6 Å². The minimum Gasteiger partial charge on any atom is -0.256 e. The van der Waals surface area contributed by atoms with Crippen LogP contribution < -0.4 is 0 Å². The van der Waals surface area contributed by atoms with E-state index in [2.05, 4.69) is 30.1 Å². The number of benzene rings is 1. The normalized spacial score (nSPS) is 13.8. The topological polar surface area (TPSA) is 12.9 Å². The van der Waals surface area contributed by atoms with Crippen molar-refractivity contribution in [3.05, 3.63) is 41.1 Å². The number of hydrogen-bond acceptors (Lipinski definition) is 1. The summed E-state index contributed by atoms with van der Waals surface area (Å²) in [5.74, 6) is 0. The van der Waals surface area contributed by atoms with Gasteiger partial charge in [-0.15, -0.1) is 0 Å². The monoisotopic (exact) mass is 183 g/mol. The van der Waals surface area contributed by atoms with Crippen molar-refractivity contribution < 1.29 is 0 Å². The van der Waals surface area contributed by atoms with Crippen LogP contribution in [0.15, 0.2) is 24.4 Å². The molecule has 0 bridgehead atoms.